The molecular weight excluding hydrogens is 525 g/mol. The zero-order valence-electron chi connectivity index (χ0n) is 22.3. The number of halogens is 2. The highest BCUT2D eigenvalue weighted by atomic mass is 35.5. The molecule has 0 saturated heterocycles. The van der Waals surface area contributed by atoms with Gasteiger partial charge in [0.1, 0.15) is 17.6 Å². The second-order valence-electron chi connectivity index (χ2n) is 10.2. The Morgan fingerprint density at radius 1 is 1.05 bits per heavy atom. The number of benzene rings is 2. The van der Waals surface area contributed by atoms with E-state index in [1.165, 1.54) is 7.11 Å². The van der Waals surface area contributed by atoms with Gasteiger partial charge < -0.3 is 19.2 Å². The van der Waals surface area contributed by atoms with Crippen molar-refractivity contribution in [2.75, 3.05) is 26.1 Å². The van der Waals surface area contributed by atoms with Crippen molar-refractivity contribution in [2.45, 2.75) is 45.3 Å². The van der Waals surface area contributed by atoms with Crippen molar-refractivity contribution >= 4 is 59.9 Å². The molecule has 0 aliphatic rings. The highest BCUT2D eigenvalue weighted by molar-refractivity contribution is 6.74. The molecular formula is C28H33Cl2N3O3Si. The molecule has 1 heterocycles. The van der Waals surface area contributed by atoms with Gasteiger partial charge in [0, 0.05) is 29.8 Å². The summed E-state index contributed by atoms with van der Waals surface area (Å²) in [6.07, 6.45) is 6.43. The smallest absolute Gasteiger partial charge is 0.191 e. The van der Waals surface area contributed by atoms with Gasteiger partial charge in [-0.25, -0.2) is 0 Å². The van der Waals surface area contributed by atoms with Crippen LogP contribution in [0.15, 0.2) is 36.5 Å². The van der Waals surface area contributed by atoms with Gasteiger partial charge in [0.2, 0.25) is 0 Å². The van der Waals surface area contributed by atoms with Crippen molar-refractivity contribution in [2.24, 2.45) is 0 Å². The van der Waals surface area contributed by atoms with Gasteiger partial charge in [0.25, 0.3) is 0 Å². The fourth-order valence-corrected chi connectivity index (χ4v) is 5.06. The molecule has 0 atom stereocenters. The Kier molecular flexibility index (Phi) is 9.14. The predicted molar refractivity (Wildman–Crippen MR) is 156 cm³/mol. The van der Waals surface area contributed by atoms with E-state index in [-0.39, 0.29) is 5.04 Å². The molecule has 2 aromatic carbocycles. The Hall–Kier alpha value is -2.76. The van der Waals surface area contributed by atoms with Crippen molar-refractivity contribution in [3.05, 3.63) is 57.7 Å². The van der Waals surface area contributed by atoms with Gasteiger partial charge in [-0.15, -0.1) is 0 Å². The second-order valence-corrected chi connectivity index (χ2v) is 15.8. The zero-order valence-corrected chi connectivity index (χ0v) is 24.8. The van der Waals surface area contributed by atoms with Crippen LogP contribution in [0.3, 0.4) is 0 Å². The third-order valence-corrected chi connectivity index (χ3v) is 11.8. The van der Waals surface area contributed by atoms with Crippen LogP contribution >= 0.6 is 23.2 Å². The van der Waals surface area contributed by atoms with Crippen molar-refractivity contribution in [1.29, 1.82) is 5.26 Å². The maximum absolute atomic E-state index is 9.76. The van der Waals surface area contributed by atoms with Crippen LogP contribution in [0.25, 0.3) is 17.0 Å². The average molecular weight is 559 g/mol. The van der Waals surface area contributed by atoms with Gasteiger partial charge in [-0.05, 0) is 42.8 Å². The molecule has 37 heavy (non-hydrogen) atoms. The number of nitrogens with zero attached hydrogens (tertiary/aromatic N) is 2. The maximum atomic E-state index is 9.76. The molecule has 3 aromatic rings. The van der Waals surface area contributed by atoms with Crippen LogP contribution < -0.4 is 14.8 Å². The first-order chi connectivity index (χ1) is 17.4. The third-order valence-electron chi connectivity index (χ3n) is 6.69. The number of aromatic nitrogens is 1. The van der Waals surface area contributed by atoms with E-state index >= 15 is 0 Å². The lowest BCUT2D eigenvalue weighted by Gasteiger charge is -2.36. The van der Waals surface area contributed by atoms with Crippen LogP contribution in [-0.4, -0.2) is 34.1 Å². The second kappa shape index (κ2) is 11.7. The number of nitriles is 1. The van der Waals surface area contributed by atoms with Gasteiger partial charge in [-0.1, -0.05) is 56.1 Å². The molecule has 1 aromatic heterocycles. The topological polar surface area (TPSA) is 76.4 Å². The highest BCUT2D eigenvalue weighted by Crippen LogP contribution is 2.39. The molecule has 0 bridgehead atoms. The summed E-state index contributed by atoms with van der Waals surface area (Å²) < 4.78 is 17.3. The lowest BCUT2D eigenvalue weighted by molar-refractivity contribution is 0.294. The molecule has 0 amide bonds. The van der Waals surface area contributed by atoms with Crippen LogP contribution in [-0.2, 0) is 4.43 Å². The summed E-state index contributed by atoms with van der Waals surface area (Å²) in [6, 6.07) is 9.30. The van der Waals surface area contributed by atoms with E-state index in [1.807, 2.05) is 18.2 Å². The SMILES string of the molecule is COc1cc(Nc2c(C#N)cnc3cc(/C=C/CCO[Si](C)(C)C(C)(C)C)c(OC)cc23)c(Cl)cc1Cl. The molecule has 0 radical (unpaired) electrons. The van der Waals surface area contributed by atoms with Crippen molar-refractivity contribution < 1.29 is 13.9 Å². The van der Waals surface area contributed by atoms with Gasteiger partial charge in [0.05, 0.1) is 46.7 Å². The van der Waals surface area contributed by atoms with E-state index < -0.39 is 8.32 Å². The number of fused-ring (bicyclic) bond motifs is 1. The molecule has 0 fully saturated rings. The number of nitrogens with one attached hydrogen (secondary N) is 1. The molecule has 0 aliphatic heterocycles. The molecule has 6 nitrogen and oxygen atoms in total. The number of ether oxygens (including phenoxy) is 2. The molecule has 0 spiro atoms. The fourth-order valence-electron chi connectivity index (χ4n) is 3.49. The monoisotopic (exact) mass is 557 g/mol. The van der Waals surface area contributed by atoms with Crippen LogP contribution in [0.5, 0.6) is 11.5 Å². The van der Waals surface area contributed by atoms with Gasteiger partial charge in [-0.2, -0.15) is 5.26 Å². The van der Waals surface area contributed by atoms with Gasteiger partial charge >= 0.3 is 0 Å². The number of methoxy groups -OCH3 is 2. The number of hydrogen-bond donors (Lipinski definition) is 1. The van der Waals surface area contributed by atoms with E-state index in [0.717, 1.165) is 17.4 Å². The minimum Gasteiger partial charge on any atom is -0.496 e. The van der Waals surface area contributed by atoms with Crippen molar-refractivity contribution in [1.82, 2.24) is 4.98 Å². The van der Waals surface area contributed by atoms with Crippen LogP contribution in [0.4, 0.5) is 11.4 Å². The summed E-state index contributed by atoms with van der Waals surface area (Å²) in [4.78, 5) is 4.51. The number of rotatable bonds is 9. The Bertz CT molecular complexity index is 1360. The predicted octanol–water partition coefficient (Wildman–Crippen LogP) is 8.60. The Labute approximate surface area is 230 Å². The first-order valence-electron chi connectivity index (χ1n) is 11.9. The van der Waals surface area contributed by atoms with E-state index in [1.54, 1.807) is 25.4 Å². The lowest BCUT2D eigenvalue weighted by Crippen LogP contribution is -2.40. The highest BCUT2D eigenvalue weighted by Gasteiger charge is 2.36. The van der Waals surface area contributed by atoms with Crippen LogP contribution in [0.1, 0.15) is 38.3 Å². The van der Waals surface area contributed by atoms with E-state index in [2.05, 4.69) is 56.3 Å². The Morgan fingerprint density at radius 3 is 2.38 bits per heavy atom. The summed E-state index contributed by atoms with van der Waals surface area (Å²) in [5, 5.41) is 14.7. The normalized spacial score (nSPS) is 12.1. The van der Waals surface area contributed by atoms with Crippen LogP contribution in [0.2, 0.25) is 28.2 Å². The molecule has 0 saturated carbocycles. The standard InChI is InChI=1S/C28H33Cl2N3O3Si/c1-28(2,3)37(6,7)36-11-9-8-10-18-12-23-20(13-25(18)34-4)27(19(16-31)17-32-23)33-24-15-26(35-5)22(30)14-21(24)29/h8,10,12-15,17H,9,11H2,1-7H3,(H,32,33)/b10-8+. The molecule has 196 valence electrons. The summed E-state index contributed by atoms with van der Waals surface area (Å²) in [5.41, 5.74) is 3.07. The Balaban J connectivity index is 1.93. The third kappa shape index (κ3) is 6.57. The van der Waals surface area contributed by atoms with E-state index in [4.69, 9.17) is 37.1 Å². The summed E-state index contributed by atoms with van der Waals surface area (Å²) >= 11 is 12.6. The zero-order chi connectivity index (χ0) is 27.4. The van der Waals surface area contributed by atoms with Gasteiger partial charge in [0.15, 0.2) is 8.32 Å². The minimum absolute atomic E-state index is 0.180. The fraction of sp³-hybridized carbons (Fsp3) is 0.357. The lowest BCUT2D eigenvalue weighted by atomic mass is 10.0. The summed E-state index contributed by atoms with van der Waals surface area (Å²) in [6.45, 7) is 11.9. The number of anilines is 2. The largest absolute Gasteiger partial charge is 0.496 e. The average Bonchev–Trinajstić information content (AvgIpc) is 2.84. The quantitative estimate of drug-likeness (QED) is 0.209. The molecule has 0 aliphatic carbocycles. The maximum Gasteiger partial charge on any atom is 0.191 e. The first kappa shape index (κ1) is 28.8. The molecule has 3 rings (SSSR count). The van der Waals surface area contributed by atoms with E-state index in [9.17, 15) is 5.26 Å². The van der Waals surface area contributed by atoms with Crippen LogP contribution in [0, 0.1) is 11.3 Å². The molecule has 0 unspecified atom stereocenters. The molecule has 9 heteroatoms. The minimum atomic E-state index is -1.78. The van der Waals surface area contributed by atoms with E-state index in [0.29, 0.717) is 50.6 Å². The van der Waals surface area contributed by atoms with Crippen molar-refractivity contribution in [3.63, 3.8) is 0 Å². The summed E-state index contributed by atoms with van der Waals surface area (Å²) in [5.74, 6) is 1.13. The van der Waals surface area contributed by atoms with Gasteiger partial charge in [-0.3, -0.25) is 4.98 Å². The first-order valence-corrected chi connectivity index (χ1v) is 15.6. The number of pyridine rings is 1. The number of hydrogen-bond acceptors (Lipinski definition) is 6. The molecule has 1 N–H and O–H groups in total. The summed E-state index contributed by atoms with van der Waals surface area (Å²) in [7, 11) is 1.37. The Morgan fingerprint density at radius 2 is 1.76 bits per heavy atom. The van der Waals surface area contributed by atoms with Crippen molar-refractivity contribution in [3.8, 4) is 17.6 Å².